The van der Waals surface area contributed by atoms with E-state index < -0.39 is 42.6 Å². The van der Waals surface area contributed by atoms with Crippen molar-refractivity contribution in [2.75, 3.05) is 0 Å². The zero-order valence-electron chi connectivity index (χ0n) is 30.6. The molecule has 4 aliphatic rings. The molecule has 52 heavy (non-hydrogen) atoms. The van der Waals surface area contributed by atoms with Gasteiger partial charge in [0.05, 0.1) is 23.8 Å². The number of H-pyrrole nitrogens is 1. The molecule has 4 aromatic rings. The van der Waals surface area contributed by atoms with E-state index in [1.807, 2.05) is 60.8 Å². The number of para-hydroxylation sites is 1. The topological polar surface area (TPSA) is 147 Å². The highest BCUT2D eigenvalue weighted by atomic mass is 16.7. The van der Waals surface area contributed by atoms with Crippen molar-refractivity contribution in [2.45, 2.75) is 96.5 Å². The Hall–Kier alpha value is -4.55. The minimum Gasteiger partial charge on any atom is -0.404 e. The number of carbonyl (C=O) groups excluding carboxylic acids is 3. The smallest absolute Gasteiger partial charge is 0.404 e. The second-order valence-corrected chi connectivity index (χ2v) is 16.0. The first-order valence-electron chi connectivity index (χ1n) is 18.5. The molecule has 12 heteroatoms. The first-order valence-corrected chi connectivity index (χ1v) is 18.5. The Morgan fingerprint density at radius 3 is 2.38 bits per heavy atom. The molecule has 1 saturated heterocycles. The van der Waals surface area contributed by atoms with Crippen molar-refractivity contribution in [1.82, 2.24) is 30.9 Å². The van der Waals surface area contributed by atoms with Crippen molar-refractivity contribution >= 4 is 35.7 Å². The van der Waals surface area contributed by atoms with Gasteiger partial charge in [-0.3, -0.25) is 19.4 Å². The highest BCUT2D eigenvalue weighted by Gasteiger charge is 2.68. The van der Waals surface area contributed by atoms with Crippen LogP contribution in [0.4, 0.5) is 0 Å². The molecule has 3 amide bonds. The Kier molecular flexibility index (Phi) is 9.97. The third kappa shape index (κ3) is 7.10. The Balaban J connectivity index is 1.15. The fourth-order valence-corrected chi connectivity index (χ4v) is 8.81. The molecule has 2 aromatic heterocycles. The van der Waals surface area contributed by atoms with Crippen LogP contribution in [0.3, 0.4) is 0 Å². The number of fused-ring (bicyclic) bond motifs is 1. The maximum Gasteiger partial charge on any atom is 0.481 e. The zero-order valence-corrected chi connectivity index (χ0v) is 30.6. The molecular weight excluding hydrogens is 655 g/mol. The van der Waals surface area contributed by atoms with Crippen LogP contribution in [0.5, 0.6) is 0 Å². The number of rotatable bonds is 13. The van der Waals surface area contributed by atoms with Crippen molar-refractivity contribution in [1.29, 1.82) is 0 Å². The van der Waals surface area contributed by atoms with Crippen LogP contribution < -0.4 is 16.0 Å². The number of hydrogen-bond donors (Lipinski definition) is 4. The van der Waals surface area contributed by atoms with Crippen LogP contribution in [0.15, 0.2) is 79.4 Å². The van der Waals surface area contributed by atoms with Crippen molar-refractivity contribution in [3.8, 4) is 0 Å². The molecule has 3 heterocycles. The summed E-state index contributed by atoms with van der Waals surface area (Å²) in [6.45, 7) is 11.1. The van der Waals surface area contributed by atoms with Crippen LogP contribution in [0.25, 0.3) is 10.9 Å². The number of aromatic nitrogens is 3. The first kappa shape index (κ1) is 35.8. The maximum absolute atomic E-state index is 14.5. The number of carbonyl (C=O) groups is 3. The first-order chi connectivity index (χ1) is 24.9. The van der Waals surface area contributed by atoms with Gasteiger partial charge >= 0.3 is 7.12 Å². The second-order valence-electron chi connectivity index (χ2n) is 16.0. The molecular formula is C40H49BN6O5. The van der Waals surface area contributed by atoms with E-state index in [-0.39, 0.29) is 41.9 Å². The summed E-state index contributed by atoms with van der Waals surface area (Å²) in [5, 5.41) is 10.1. The number of nitrogens with zero attached hydrogens (tertiary/aromatic N) is 2. The van der Waals surface area contributed by atoms with Gasteiger partial charge in [-0.1, -0.05) is 76.2 Å². The van der Waals surface area contributed by atoms with Gasteiger partial charge in [-0.15, -0.1) is 0 Å². The second kappa shape index (κ2) is 14.5. The Bertz CT molecular complexity index is 1900. The van der Waals surface area contributed by atoms with Crippen molar-refractivity contribution in [3.63, 3.8) is 0 Å². The van der Waals surface area contributed by atoms with Crippen LogP contribution >= 0.6 is 0 Å². The van der Waals surface area contributed by atoms with Gasteiger partial charge in [0, 0.05) is 42.3 Å². The van der Waals surface area contributed by atoms with Gasteiger partial charge < -0.3 is 30.2 Å². The van der Waals surface area contributed by atoms with Crippen LogP contribution in [-0.4, -0.2) is 69.5 Å². The molecule has 4 fully saturated rings. The lowest BCUT2D eigenvalue weighted by atomic mass is 9.43. The van der Waals surface area contributed by atoms with Gasteiger partial charge in [0.25, 0.3) is 5.91 Å². The SMILES string of the molecule is CC(C)C[C@H](NC(=O)[C@H](Cc1c[nH]c2ccccc12)NC(=O)[C@H](Cc1ccccc1)NC(=O)c1cnccn1)B1O[C@H]2C[C@@H]3C[C@@H](C3(C)C)[C@@]2(C)O1. The van der Waals surface area contributed by atoms with E-state index in [9.17, 15) is 14.4 Å². The Morgan fingerprint density at radius 1 is 0.923 bits per heavy atom. The molecule has 3 aliphatic carbocycles. The lowest BCUT2D eigenvalue weighted by Gasteiger charge is -2.64. The summed E-state index contributed by atoms with van der Waals surface area (Å²) in [7, 11) is -0.613. The average molecular weight is 705 g/mol. The van der Waals surface area contributed by atoms with E-state index in [4.69, 9.17) is 9.31 Å². The minimum atomic E-state index is -0.999. The van der Waals surface area contributed by atoms with Gasteiger partial charge in [0.2, 0.25) is 11.8 Å². The summed E-state index contributed by atoms with van der Waals surface area (Å²) in [6.07, 6.45) is 9.24. The van der Waals surface area contributed by atoms with Crippen LogP contribution in [0, 0.1) is 23.2 Å². The summed E-state index contributed by atoms with van der Waals surface area (Å²) in [6, 6.07) is 15.3. The molecule has 11 nitrogen and oxygen atoms in total. The summed E-state index contributed by atoms with van der Waals surface area (Å²) in [5.41, 5.74) is 2.52. The zero-order chi connectivity index (χ0) is 36.6. The van der Waals surface area contributed by atoms with Gasteiger partial charge in [-0.05, 0) is 66.5 Å². The molecule has 272 valence electrons. The quantitative estimate of drug-likeness (QED) is 0.146. The Morgan fingerprint density at radius 2 is 1.65 bits per heavy atom. The number of hydrogen-bond acceptors (Lipinski definition) is 7. The molecule has 8 rings (SSSR count). The van der Waals surface area contributed by atoms with E-state index in [1.165, 1.54) is 18.6 Å². The fourth-order valence-electron chi connectivity index (χ4n) is 8.81. The normalized spacial score (nSPS) is 24.7. The summed E-state index contributed by atoms with van der Waals surface area (Å²) in [4.78, 5) is 53.5. The van der Waals surface area contributed by atoms with E-state index in [2.05, 4.69) is 65.5 Å². The van der Waals surface area contributed by atoms with Gasteiger partial charge in [-0.2, -0.15) is 0 Å². The standard InChI is InChI=1S/C40H49BN6O5/c1-24(2)17-35(41-51-34-21-27-20-33(39(27,3)4)40(34,5)52-41)47-37(49)31(19-26-22-44-29-14-10-9-13-28(26)29)46-36(48)30(18-25-11-7-6-8-12-25)45-38(50)32-23-42-15-16-43-32/h6-16,22-24,27,30-31,33-35,44H,17-21H2,1-5H3,(H,45,50)(H,46,48)(H,47,49)/t27-,30-,31-,33-,34-,35-,40+/m0/s1. The number of amides is 3. The lowest BCUT2D eigenvalue weighted by molar-refractivity contribution is -0.199. The summed E-state index contributed by atoms with van der Waals surface area (Å²) in [5.74, 6) is -0.581. The molecule has 0 spiro atoms. The number of aromatic amines is 1. The number of nitrogens with one attached hydrogen (secondary N) is 4. The lowest BCUT2D eigenvalue weighted by Crippen LogP contribution is -2.65. The van der Waals surface area contributed by atoms with E-state index >= 15 is 0 Å². The average Bonchev–Trinajstić information content (AvgIpc) is 3.71. The van der Waals surface area contributed by atoms with E-state index in [0.717, 1.165) is 34.9 Å². The molecule has 2 bridgehead atoms. The highest BCUT2D eigenvalue weighted by molar-refractivity contribution is 6.48. The van der Waals surface area contributed by atoms with E-state index in [1.54, 1.807) is 0 Å². The molecule has 0 radical (unpaired) electrons. The molecule has 1 aliphatic heterocycles. The predicted octanol–water partition coefficient (Wildman–Crippen LogP) is 4.82. The fraction of sp³-hybridized carbons (Fsp3) is 0.475. The van der Waals surface area contributed by atoms with Crippen LogP contribution in [0.2, 0.25) is 0 Å². The highest BCUT2D eigenvalue weighted by Crippen LogP contribution is 2.65. The molecule has 0 unspecified atom stereocenters. The van der Waals surface area contributed by atoms with Crippen LogP contribution in [0.1, 0.15) is 75.5 Å². The number of benzene rings is 2. The van der Waals surface area contributed by atoms with E-state index in [0.29, 0.717) is 18.3 Å². The van der Waals surface area contributed by atoms with Gasteiger partial charge in [0.1, 0.15) is 17.8 Å². The molecule has 7 atom stereocenters. The summed E-state index contributed by atoms with van der Waals surface area (Å²) >= 11 is 0. The van der Waals surface area contributed by atoms with Gasteiger partial charge in [-0.25, -0.2) is 4.98 Å². The maximum atomic E-state index is 14.5. The molecule has 2 aromatic carbocycles. The van der Waals surface area contributed by atoms with Crippen molar-refractivity contribution in [2.24, 2.45) is 23.2 Å². The van der Waals surface area contributed by atoms with Crippen molar-refractivity contribution in [3.05, 3.63) is 96.2 Å². The van der Waals surface area contributed by atoms with Crippen molar-refractivity contribution < 1.29 is 23.7 Å². The minimum absolute atomic E-state index is 0.0285. The monoisotopic (exact) mass is 704 g/mol. The van der Waals surface area contributed by atoms with Crippen LogP contribution in [-0.2, 0) is 31.7 Å². The molecule has 4 N–H and O–H groups in total. The molecule has 3 saturated carbocycles. The third-order valence-electron chi connectivity index (χ3n) is 11.8. The van der Waals surface area contributed by atoms with Gasteiger partial charge in [0.15, 0.2) is 0 Å². The Labute approximate surface area is 305 Å². The third-order valence-corrected chi connectivity index (χ3v) is 11.8. The predicted molar refractivity (Wildman–Crippen MR) is 199 cm³/mol. The largest absolute Gasteiger partial charge is 0.481 e. The summed E-state index contributed by atoms with van der Waals surface area (Å²) < 4.78 is 13.5.